The lowest BCUT2D eigenvalue weighted by Gasteiger charge is -2.28. The fraction of sp³-hybridized carbons (Fsp3) is 0.316. The summed E-state index contributed by atoms with van der Waals surface area (Å²) in [5.74, 6) is 1.15. The predicted octanol–water partition coefficient (Wildman–Crippen LogP) is 3.08. The highest BCUT2D eigenvalue weighted by Crippen LogP contribution is 2.18. The number of guanidine groups is 1. The molecule has 0 bridgehead atoms. The van der Waals surface area contributed by atoms with E-state index in [1.807, 2.05) is 24.3 Å². The third-order valence-corrected chi connectivity index (χ3v) is 4.09. The second-order valence-electron chi connectivity index (χ2n) is 5.82. The van der Waals surface area contributed by atoms with E-state index in [9.17, 15) is 0 Å². The first-order chi connectivity index (χ1) is 12.2. The van der Waals surface area contributed by atoms with Crippen LogP contribution in [-0.4, -0.2) is 39.4 Å². The zero-order valence-electron chi connectivity index (χ0n) is 14.9. The maximum Gasteiger partial charge on any atom is 0.193 e. The van der Waals surface area contributed by atoms with E-state index >= 15 is 0 Å². The van der Waals surface area contributed by atoms with Gasteiger partial charge in [-0.25, -0.2) is 4.99 Å². The van der Waals surface area contributed by atoms with Gasteiger partial charge in [-0.1, -0.05) is 18.2 Å². The summed E-state index contributed by atoms with van der Waals surface area (Å²) in [6, 6.07) is 16.0. The molecular weight excluding hydrogens is 443 g/mol. The van der Waals surface area contributed by atoms with Gasteiger partial charge in [-0.15, -0.1) is 24.0 Å². The number of morpholine rings is 1. The Labute approximate surface area is 171 Å². The SMILES string of the molecule is COc1cccc(NC(N)=NCc2ccc(N3CCOCC3)cc2)c1.I. The molecule has 3 N–H and O–H groups in total. The number of nitrogens with two attached hydrogens (primary N) is 1. The molecule has 0 atom stereocenters. The van der Waals surface area contributed by atoms with Crippen molar-refractivity contribution < 1.29 is 9.47 Å². The molecule has 7 heteroatoms. The number of nitrogens with zero attached hydrogens (tertiary/aromatic N) is 2. The van der Waals surface area contributed by atoms with Crippen molar-refractivity contribution in [2.45, 2.75) is 6.54 Å². The summed E-state index contributed by atoms with van der Waals surface area (Å²) in [5, 5.41) is 3.08. The van der Waals surface area contributed by atoms with Crippen molar-refractivity contribution in [3.8, 4) is 5.75 Å². The number of hydrogen-bond donors (Lipinski definition) is 2. The second kappa shape index (κ2) is 10.2. The van der Waals surface area contributed by atoms with Crippen LogP contribution in [0.4, 0.5) is 11.4 Å². The fourth-order valence-electron chi connectivity index (χ4n) is 2.70. The molecule has 0 amide bonds. The number of methoxy groups -OCH3 is 1. The van der Waals surface area contributed by atoms with E-state index in [0.717, 1.165) is 43.3 Å². The molecular formula is C19H25IN4O2. The summed E-state index contributed by atoms with van der Waals surface area (Å²) in [5.41, 5.74) is 9.16. The normalized spacial score (nSPS) is 14.5. The van der Waals surface area contributed by atoms with Gasteiger partial charge in [0.2, 0.25) is 0 Å². The van der Waals surface area contributed by atoms with Gasteiger partial charge in [-0.2, -0.15) is 0 Å². The van der Waals surface area contributed by atoms with Crippen LogP contribution in [0.25, 0.3) is 0 Å². The summed E-state index contributed by atoms with van der Waals surface area (Å²) in [4.78, 5) is 6.72. The maximum absolute atomic E-state index is 5.97. The lowest BCUT2D eigenvalue weighted by molar-refractivity contribution is 0.122. The van der Waals surface area contributed by atoms with Crippen LogP contribution in [0, 0.1) is 0 Å². The first-order valence-electron chi connectivity index (χ1n) is 8.37. The van der Waals surface area contributed by atoms with Crippen LogP contribution in [0.15, 0.2) is 53.5 Å². The molecule has 0 radical (unpaired) electrons. The largest absolute Gasteiger partial charge is 0.497 e. The molecule has 1 heterocycles. The highest BCUT2D eigenvalue weighted by Gasteiger charge is 2.10. The Morgan fingerprint density at radius 2 is 1.92 bits per heavy atom. The molecule has 0 saturated carbocycles. The van der Waals surface area contributed by atoms with E-state index in [2.05, 4.69) is 39.5 Å². The van der Waals surface area contributed by atoms with Crippen molar-refractivity contribution in [2.24, 2.45) is 10.7 Å². The molecule has 1 fully saturated rings. The number of nitrogens with one attached hydrogen (secondary N) is 1. The average molecular weight is 468 g/mol. The van der Waals surface area contributed by atoms with Gasteiger partial charge in [-0.3, -0.25) is 0 Å². The summed E-state index contributed by atoms with van der Waals surface area (Å²) in [6.45, 7) is 3.99. The average Bonchev–Trinajstić information content (AvgIpc) is 2.67. The van der Waals surface area contributed by atoms with Crippen LogP contribution in [0.1, 0.15) is 5.56 Å². The van der Waals surface area contributed by atoms with E-state index in [0.29, 0.717) is 12.5 Å². The molecule has 0 aromatic heterocycles. The third kappa shape index (κ3) is 5.77. The minimum Gasteiger partial charge on any atom is -0.497 e. The van der Waals surface area contributed by atoms with E-state index in [-0.39, 0.29) is 24.0 Å². The predicted molar refractivity (Wildman–Crippen MR) is 117 cm³/mol. The van der Waals surface area contributed by atoms with Gasteiger partial charge >= 0.3 is 0 Å². The summed E-state index contributed by atoms with van der Waals surface area (Å²) < 4.78 is 10.6. The molecule has 140 valence electrons. The summed E-state index contributed by atoms with van der Waals surface area (Å²) in [7, 11) is 1.64. The molecule has 26 heavy (non-hydrogen) atoms. The van der Waals surface area contributed by atoms with Crippen molar-refractivity contribution in [3.05, 3.63) is 54.1 Å². The molecule has 1 saturated heterocycles. The molecule has 2 aromatic rings. The second-order valence-corrected chi connectivity index (χ2v) is 5.82. The van der Waals surface area contributed by atoms with E-state index in [1.165, 1.54) is 5.69 Å². The minimum atomic E-state index is 0. The Balaban J connectivity index is 0.00000243. The van der Waals surface area contributed by atoms with Gasteiger partial charge in [0.05, 0.1) is 26.9 Å². The molecule has 0 unspecified atom stereocenters. The summed E-state index contributed by atoms with van der Waals surface area (Å²) in [6.07, 6.45) is 0. The quantitative estimate of drug-likeness (QED) is 0.401. The number of rotatable bonds is 5. The highest BCUT2D eigenvalue weighted by molar-refractivity contribution is 14.0. The van der Waals surface area contributed by atoms with Gasteiger partial charge in [0.15, 0.2) is 5.96 Å². The van der Waals surface area contributed by atoms with Gasteiger partial charge in [-0.05, 0) is 29.8 Å². The van der Waals surface area contributed by atoms with Gasteiger partial charge in [0.1, 0.15) is 5.75 Å². The zero-order valence-corrected chi connectivity index (χ0v) is 17.2. The monoisotopic (exact) mass is 468 g/mol. The van der Waals surface area contributed by atoms with Gasteiger partial charge in [0, 0.05) is 30.5 Å². The van der Waals surface area contributed by atoms with Crippen molar-refractivity contribution in [1.82, 2.24) is 0 Å². The van der Waals surface area contributed by atoms with E-state index in [4.69, 9.17) is 15.2 Å². The van der Waals surface area contributed by atoms with Crippen LogP contribution in [0.3, 0.4) is 0 Å². The van der Waals surface area contributed by atoms with Crippen molar-refractivity contribution in [3.63, 3.8) is 0 Å². The van der Waals surface area contributed by atoms with Gasteiger partial charge < -0.3 is 25.4 Å². The molecule has 3 rings (SSSR count). The molecule has 0 spiro atoms. The standard InChI is InChI=1S/C19H24N4O2.HI/c1-24-18-4-2-3-16(13-18)22-19(20)21-14-15-5-7-17(8-6-15)23-9-11-25-12-10-23;/h2-8,13H,9-12,14H2,1H3,(H3,20,21,22);1H. The minimum absolute atomic E-state index is 0. The topological polar surface area (TPSA) is 72.1 Å². The van der Waals surface area contributed by atoms with Crippen LogP contribution in [0.5, 0.6) is 5.75 Å². The molecule has 0 aliphatic carbocycles. The lowest BCUT2D eigenvalue weighted by Crippen LogP contribution is -2.36. The fourth-order valence-corrected chi connectivity index (χ4v) is 2.70. The molecule has 1 aliphatic heterocycles. The van der Waals surface area contributed by atoms with Crippen LogP contribution in [0.2, 0.25) is 0 Å². The lowest BCUT2D eigenvalue weighted by atomic mass is 10.2. The first-order valence-corrected chi connectivity index (χ1v) is 8.37. The van der Waals surface area contributed by atoms with Crippen LogP contribution >= 0.6 is 24.0 Å². The van der Waals surface area contributed by atoms with Crippen molar-refractivity contribution in [2.75, 3.05) is 43.6 Å². The zero-order chi connectivity index (χ0) is 17.5. The number of halogens is 1. The Kier molecular flexibility index (Phi) is 7.99. The Bertz CT molecular complexity index is 716. The number of aliphatic imine (C=N–C) groups is 1. The number of ether oxygens (including phenoxy) is 2. The van der Waals surface area contributed by atoms with Crippen molar-refractivity contribution in [1.29, 1.82) is 0 Å². The smallest absolute Gasteiger partial charge is 0.193 e. The maximum atomic E-state index is 5.97. The van der Waals surface area contributed by atoms with Crippen molar-refractivity contribution >= 4 is 41.3 Å². The Morgan fingerprint density at radius 3 is 2.62 bits per heavy atom. The molecule has 6 nitrogen and oxygen atoms in total. The number of anilines is 2. The Hall–Kier alpha value is -2.00. The first kappa shape index (κ1) is 20.3. The number of benzene rings is 2. The molecule has 1 aliphatic rings. The van der Waals surface area contributed by atoms with Crippen LogP contribution in [-0.2, 0) is 11.3 Å². The van der Waals surface area contributed by atoms with E-state index < -0.39 is 0 Å². The summed E-state index contributed by atoms with van der Waals surface area (Å²) >= 11 is 0. The number of hydrogen-bond acceptors (Lipinski definition) is 4. The van der Waals surface area contributed by atoms with E-state index in [1.54, 1.807) is 7.11 Å². The van der Waals surface area contributed by atoms with Gasteiger partial charge in [0.25, 0.3) is 0 Å². The Morgan fingerprint density at radius 1 is 1.19 bits per heavy atom. The highest BCUT2D eigenvalue weighted by atomic mass is 127. The van der Waals surface area contributed by atoms with Crippen LogP contribution < -0.4 is 20.7 Å². The molecule has 2 aromatic carbocycles. The third-order valence-electron chi connectivity index (χ3n) is 4.09.